The van der Waals surface area contributed by atoms with Crippen molar-refractivity contribution in [3.63, 3.8) is 0 Å². The molecule has 0 aromatic heterocycles. The van der Waals surface area contributed by atoms with Crippen molar-refractivity contribution in [2.45, 2.75) is 45.4 Å². The highest BCUT2D eigenvalue weighted by Gasteiger charge is 2.20. The molecule has 0 amide bonds. The van der Waals surface area contributed by atoms with Crippen molar-refractivity contribution in [3.05, 3.63) is 24.3 Å². The third-order valence-corrected chi connectivity index (χ3v) is 3.69. The van der Waals surface area contributed by atoms with E-state index in [1.807, 2.05) is 6.92 Å². The fraction of sp³-hybridized carbons (Fsp3) is 0.533. The molecule has 21 heavy (non-hydrogen) atoms. The first-order valence-corrected chi connectivity index (χ1v) is 8.15. The van der Waals surface area contributed by atoms with Gasteiger partial charge in [-0.25, -0.2) is 8.42 Å². The molecular weight excluding hydrogens is 292 g/mol. The Morgan fingerprint density at radius 2 is 1.86 bits per heavy atom. The van der Waals surface area contributed by atoms with E-state index in [9.17, 15) is 17.8 Å². The highest BCUT2D eigenvalue weighted by atomic mass is 32.2. The number of para-hydroxylation sites is 1. The Balaban J connectivity index is 2.77. The van der Waals surface area contributed by atoms with Gasteiger partial charge in [-0.3, -0.25) is 4.79 Å². The van der Waals surface area contributed by atoms with Crippen LogP contribution in [0.25, 0.3) is 0 Å². The summed E-state index contributed by atoms with van der Waals surface area (Å²) in [4.78, 5) is 11.4. The van der Waals surface area contributed by atoms with Gasteiger partial charge in [-0.1, -0.05) is 39.8 Å². The van der Waals surface area contributed by atoms with Crippen molar-refractivity contribution in [2.75, 3.05) is 0 Å². The number of ether oxygens (including phenoxy) is 1. The summed E-state index contributed by atoms with van der Waals surface area (Å²) in [5, 5.41) is 0. The first-order chi connectivity index (χ1) is 9.49. The van der Waals surface area contributed by atoms with Gasteiger partial charge in [-0.05, 0) is 29.9 Å². The maximum absolute atomic E-state index is 11.9. The number of hydrogen-bond donors (Lipinski definition) is 0. The molecule has 0 bridgehead atoms. The number of benzene rings is 1. The Kier molecular flexibility index (Phi) is 5.53. The van der Waals surface area contributed by atoms with Crippen molar-refractivity contribution in [1.82, 2.24) is 0 Å². The minimum Gasteiger partial charge on any atom is -0.744 e. The van der Waals surface area contributed by atoms with Gasteiger partial charge in [0.25, 0.3) is 0 Å². The van der Waals surface area contributed by atoms with E-state index in [2.05, 4.69) is 20.8 Å². The van der Waals surface area contributed by atoms with Crippen LogP contribution in [0.15, 0.2) is 29.2 Å². The molecule has 0 aliphatic heterocycles. The van der Waals surface area contributed by atoms with E-state index in [0.29, 0.717) is 0 Å². The van der Waals surface area contributed by atoms with Crippen LogP contribution >= 0.6 is 0 Å². The SMILES string of the molecule is CC(CC(=O)Oc1ccccc1S(=O)(=O)[O-])CC(C)(C)C. The van der Waals surface area contributed by atoms with Gasteiger partial charge < -0.3 is 9.29 Å². The van der Waals surface area contributed by atoms with Gasteiger partial charge in [0, 0.05) is 6.42 Å². The average Bonchev–Trinajstić information content (AvgIpc) is 2.24. The second kappa shape index (κ2) is 6.58. The quantitative estimate of drug-likeness (QED) is 0.474. The lowest BCUT2D eigenvalue weighted by atomic mass is 9.84. The van der Waals surface area contributed by atoms with Crippen molar-refractivity contribution in [1.29, 1.82) is 0 Å². The van der Waals surface area contributed by atoms with Gasteiger partial charge in [0.1, 0.15) is 15.9 Å². The molecule has 0 heterocycles. The van der Waals surface area contributed by atoms with E-state index in [1.54, 1.807) is 0 Å². The van der Waals surface area contributed by atoms with Gasteiger partial charge in [-0.15, -0.1) is 0 Å². The fourth-order valence-corrected chi connectivity index (χ4v) is 2.91. The first kappa shape index (κ1) is 17.7. The zero-order chi connectivity index (χ0) is 16.3. The molecule has 6 heteroatoms. The van der Waals surface area contributed by atoms with Gasteiger partial charge in [0.2, 0.25) is 0 Å². The number of rotatable bonds is 5. The van der Waals surface area contributed by atoms with Crippen LogP contribution in [-0.2, 0) is 14.9 Å². The molecule has 1 atom stereocenters. The van der Waals surface area contributed by atoms with E-state index in [0.717, 1.165) is 12.5 Å². The normalized spacial score (nSPS) is 13.8. The molecule has 0 saturated heterocycles. The standard InChI is InChI=1S/C15H22O5S/c1-11(10-15(2,3)4)9-14(16)20-12-7-5-6-8-13(12)21(17,18)19/h5-8,11H,9-10H2,1-4H3,(H,17,18,19)/p-1. The molecule has 1 unspecified atom stereocenters. The van der Waals surface area contributed by atoms with Crippen LogP contribution in [0.5, 0.6) is 5.75 Å². The van der Waals surface area contributed by atoms with Crippen molar-refractivity contribution in [2.24, 2.45) is 11.3 Å². The summed E-state index contributed by atoms with van der Waals surface area (Å²) in [5.74, 6) is -0.642. The largest absolute Gasteiger partial charge is 0.744 e. The number of carbonyl (C=O) groups excluding carboxylic acids is 1. The predicted molar refractivity (Wildman–Crippen MR) is 77.9 cm³/mol. The number of esters is 1. The molecule has 0 fully saturated rings. The van der Waals surface area contributed by atoms with E-state index < -0.39 is 21.0 Å². The molecular formula is C15H21O5S-. The molecule has 118 valence electrons. The Hall–Kier alpha value is -1.40. The molecule has 0 aliphatic rings. The van der Waals surface area contributed by atoms with E-state index in [-0.39, 0.29) is 23.5 Å². The maximum atomic E-state index is 11.9. The monoisotopic (exact) mass is 313 g/mol. The smallest absolute Gasteiger partial charge is 0.311 e. The number of carbonyl (C=O) groups is 1. The predicted octanol–water partition coefficient (Wildman–Crippen LogP) is 2.96. The van der Waals surface area contributed by atoms with Crippen LogP contribution < -0.4 is 4.74 Å². The summed E-state index contributed by atoms with van der Waals surface area (Å²) in [6.07, 6.45) is 1.01. The van der Waals surface area contributed by atoms with E-state index in [1.165, 1.54) is 18.2 Å². The van der Waals surface area contributed by atoms with Crippen molar-refractivity contribution < 1.29 is 22.5 Å². The zero-order valence-electron chi connectivity index (χ0n) is 12.8. The Labute approximate surface area is 126 Å². The van der Waals surface area contributed by atoms with Crippen molar-refractivity contribution in [3.8, 4) is 5.75 Å². The molecule has 5 nitrogen and oxygen atoms in total. The topological polar surface area (TPSA) is 83.5 Å². The molecule has 1 rings (SSSR count). The molecule has 0 aliphatic carbocycles. The lowest BCUT2D eigenvalue weighted by molar-refractivity contribution is -0.135. The minimum atomic E-state index is -4.66. The van der Waals surface area contributed by atoms with Gasteiger partial charge in [0.15, 0.2) is 0 Å². The Bertz CT molecular complexity index is 599. The summed E-state index contributed by atoms with van der Waals surface area (Å²) >= 11 is 0. The lowest BCUT2D eigenvalue weighted by Gasteiger charge is -2.22. The molecule has 1 aromatic carbocycles. The van der Waals surface area contributed by atoms with Crippen LogP contribution in [0.2, 0.25) is 0 Å². The zero-order valence-corrected chi connectivity index (χ0v) is 13.6. The van der Waals surface area contributed by atoms with Crippen LogP contribution in [0, 0.1) is 11.3 Å². The number of hydrogen-bond acceptors (Lipinski definition) is 5. The fourth-order valence-electron chi connectivity index (χ4n) is 2.31. The Morgan fingerprint density at radius 1 is 1.29 bits per heavy atom. The van der Waals surface area contributed by atoms with Crippen LogP contribution in [0.1, 0.15) is 40.5 Å². The molecule has 0 radical (unpaired) electrons. The molecule has 0 spiro atoms. The van der Waals surface area contributed by atoms with Crippen LogP contribution in [-0.4, -0.2) is 18.9 Å². The van der Waals surface area contributed by atoms with Gasteiger partial charge in [-0.2, -0.15) is 0 Å². The third kappa shape index (κ3) is 6.27. The Morgan fingerprint density at radius 3 is 2.38 bits per heavy atom. The maximum Gasteiger partial charge on any atom is 0.311 e. The van der Waals surface area contributed by atoms with E-state index in [4.69, 9.17) is 4.74 Å². The summed E-state index contributed by atoms with van der Waals surface area (Å²) in [6.45, 7) is 8.17. The molecule has 0 N–H and O–H groups in total. The summed E-state index contributed by atoms with van der Waals surface area (Å²) < 4.78 is 38.3. The summed E-state index contributed by atoms with van der Waals surface area (Å²) in [6, 6.07) is 5.35. The minimum absolute atomic E-state index is 0.0932. The summed E-state index contributed by atoms with van der Waals surface area (Å²) in [5.41, 5.74) is 0.0932. The highest BCUT2D eigenvalue weighted by Crippen LogP contribution is 2.27. The lowest BCUT2D eigenvalue weighted by Crippen LogP contribution is -2.18. The molecule has 1 aromatic rings. The van der Waals surface area contributed by atoms with Gasteiger partial charge >= 0.3 is 5.97 Å². The summed E-state index contributed by atoms with van der Waals surface area (Å²) in [7, 11) is -4.66. The van der Waals surface area contributed by atoms with Crippen LogP contribution in [0.4, 0.5) is 0 Å². The second-order valence-electron chi connectivity index (χ2n) is 6.45. The van der Waals surface area contributed by atoms with E-state index >= 15 is 0 Å². The van der Waals surface area contributed by atoms with Gasteiger partial charge in [0.05, 0.1) is 4.90 Å². The van der Waals surface area contributed by atoms with Crippen LogP contribution in [0.3, 0.4) is 0 Å². The first-order valence-electron chi connectivity index (χ1n) is 6.74. The second-order valence-corrected chi connectivity index (χ2v) is 7.80. The highest BCUT2D eigenvalue weighted by molar-refractivity contribution is 7.85. The third-order valence-electron chi connectivity index (χ3n) is 2.82. The average molecular weight is 313 g/mol. The van der Waals surface area contributed by atoms with Crippen molar-refractivity contribution >= 4 is 16.1 Å². The molecule has 0 saturated carbocycles.